The Balaban J connectivity index is 2.29. The normalized spacial score (nSPS) is 19.4. The van der Waals surface area contributed by atoms with E-state index in [-0.39, 0.29) is 0 Å². The van der Waals surface area contributed by atoms with Gasteiger partial charge in [-0.2, -0.15) is 0 Å². The Labute approximate surface area is 133 Å². The van der Waals surface area contributed by atoms with Crippen molar-refractivity contribution in [2.75, 3.05) is 0 Å². The molecule has 1 aliphatic carbocycles. The first kappa shape index (κ1) is 16.1. The van der Waals surface area contributed by atoms with E-state index < -0.39 is 0 Å². The van der Waals surface area contributed by atoms with E-state index in [0.717, 1.165) is 5.92 Å². The molecular formula is C19H29Br. The van der Waals surface area contributed by atoms with Crippen molar-refractivity contribution in [3.63, 3.8) is 0 Å². The number of halogens is 1. The fourth-order valence-electron chi connectivity index (χ4n) is 3.68. The summed E-state index contributed by atoms with van der Waals surface area (Å²) >= 11 is 4.08. The molecule has 1 saturated carbocycles. The van der Waals surface area contributed by atoms with Crippen molar-refractivity contribution < 1.29 is 0 Å². The summed E-state index contributed by atoms with van der Waals surface area (Å²) in [7, 11) is 0. The zero-order chi connectivity index (χ0) is 14.7. The maximum absolute atomic E-state index is 4.08. The zero-order valence-electron chi connectivity index (χ0n) is 13.6. The topological polar surface area (TPSA) is 0 Å². The van der Waals surface area contributed by atoms with Crippen LogP contribution in [0.2, 0.25) is 0 Å². The van der Waals surface area contributed by atoms with Crippen LogP contribution in [0.3, 0.4) is 0 Å². The third-order valence-electron chi connectivity index (χ3n) is 5.26. The van der Waals surface area contributed by atoms with E-state index in [9.17, 15) is 0 Å². The van der Waals surface area contributed by atoms with Gasteiger partial charge in [0.2, 0.25) is 0 Å². The molecule has 0 aliphatic heterocycles. The second-order valence-electron chi connectivity index (χ2n) is 6.68. The molecule has 20 heavy (non-hydrogen) atoms. The minimum atomic E-state index is 0.541. The molecule has 1 atom stereocenters. The Hall–Kier alpha value is -0.300. The predicted molar refractivity (Wildman–Crippen MR) is 92.9 cm³/mol. The third kappa shape index (κ3) is 3.47. The minimum absolute atomic E-state index is 0.541. The Kier molecular flexibility index (Phi) is 5.72. The summed E-state index contributed by atoms with van der Waals surface area (Å²) in [6.45, 7) is 9.11. The molecule has 0 N–H and O–H groups in total. The highest BCUT2D eigenvalue weighted by Gasteiger charge is 2.25. The molecule has 0 aromatic heterocycles. The van der Waals surface area contributed by atoms with E-state index >= 15 is 0 Å². The van der Waals surface area contributed by atoms with E-state index in [1.54, 1.807) is 5.56 Å². The fraction of sp³-hybridized carbons (Fsp3) is 0.684. The van der Waals surface area contributed by atoms with Crippen LogP contribution in [0, 0.1) is 33.6 Å². The van der Waals surface area contributed by atoms with E-state index in [1.165, 1.54) is 67.2 Å². The minimum Gasteiger partial charge on any atom is -0.0836 e. The highest BCUT2D eigenvalue weighted by atomic mass is 79.9. The van der Waals surface area contributed by atoms with Crippen molar-refractivity contribution in [3.8, 4) is 0 Å². The molecule has 1 aromatic carbocycles. The Morgan fingerprint density at radius 3 is 1.80 bits per heavy atom. The zero-order valence-corrected chi connectivity index (χ0v) is 15.1. The molecule has 1 aliphatic rings. The first-order valence-corrected chi connectivity index (χ1v) is 9.15. The van der Waals surface area contributed by atoms with E-state index in [4.69, 9.17) is 0 Å². The molecule has 0 spiro atoms. The largest absolute Gasteiger partial charge is 0.0836 e. The van der Waals surface area contributed by atoms with Gasteiger partial charge in [0, 0.05) is 4.83 Å². The SMILES string of the molecule is Cc1cc(C)c(C)c(C(Br)C2CCCCCCC2)c1C. The molecule has 0 bridgehead atoms. The van der Waals surface area contributed by atoms with E-state index in [1.807, 2.05) is 0 Å². The fourth-order valence-corrected chi connectivity index (χ4v) is 4.89. The van der Waals surface area contributed by atoms with Crippen LogP contribution in [-0.2, 0) is 0 Å². The molecule has 0 amide bonds. The maximum atomic E-state index is 4.08. The molecule has 1 fully saturated rings. The lowest BCUT2D eigenvalue weighted by Gasteiger charge is -2.28. The quantitative estimate of drug-likeness (QED) is 0.526. The smallest absolute Gasteiger partial charge is 0.0428 e. The van der Waals surface area contributed by atoms with Crippen LogP contribution in [0.1, 0.15) is 77.6 Å². The van der Waals surface area contributed by atoms with Gasteiger partial charge in [-0.15, -0.1) is 0 Å². The van der Waals surface area contributed by atoms with Crippen LogP contribution in [0.5, 0.6) is 0 Å². The molecule has 1 heteroatoms. The molecule has 112 valence electrons. The average Bonchev–Trinajstić information content (AvgIpc) is 2.36. The van der Waals surface area contributed by atoms with Gasteiger partial charge in [-0.25, -0.2) is 0 Å². The number of aryl methyl sites for hydroxylation is 2. The summed E-state index contributed by atoms with van der Waals surface area (Å²) < 4.78 is 0. The highest BCUT2D eigenvalue weighted by molar-refractivity contribution is 9.09. The number of benzene rings is 1. The summed E-state index contributed by atoms with van der Waals surface area (Å²) in [5, 5.41) is 0. The number of alkyl halides is 1. The monoisotopic (exact) mass is 336 g/mol. The molecule has 0 nitrogen and oxygen atoms in total. The van der Waals surface area contributed by atoms with Gasteiger partial charge in [0.1, 0.15) is 0 Å². The highest BCUT2D eigenvalue weighted by Crippen LogP contribution is 2.42. The maximum Gasteiger partial charge on any atom is 0.0428 e. The summed E-state index contributed by atoms with van der Waals surface area (Å²) in [4.78, 5) is 0.541. The van der Waals surface area contributed by atoms with Crippen molar-refractivity contribution in [2.24, 2.45) is 5.92 Å². The summed E-state index contributed by atoms with van der Waals surface area (Å²) in [6.07, 6.45) is 9.91. The molecule has 1 aromatic rings. The third-order valence-corrected chi connectivity index (χ3v) is 6.47. The van der Waals surface area contributed by atoms with E-state index in [2.05, 4.69) is 49.7 Å². The first-order chi connectivity index (χ1) is 9.52. The standard InChI is InChI=1S/C19H29Br/c1-13-12-14(2)16(4)18(15(13)3)19(20)17-10-8-6-5-7-9-11-17/h12,17,19H,5-11H2,1-4H3. The molecule has 0 heterocycles. The Morgan fingerprint density at radius 1 is 0.850 bits per heavy atom. The van der Waals surface area contributed by atoms with Crippen LogP contribution in [0.25, 0.3) is 0 Å². The van der Waals surface area contributed by atoms with Gasteiger partial charge in [0.05, 0.1) is 0 Å². The summed E-state index contributed by atoms with van der Waals surface area (Å²) in [5.41, 5.74) is 7.46. The van der Waals surface area contributed by atoms with Crippen LogP contribution >= 0.6 is 15.9 Å². The van der Waals surface area contributed by atoms with Crippen molar-refractivity contribution in [1.29, 1.82) is 0 Å². The lowest BCUT2D eigenvalue weighted by Crippen LogP contribution is -2.13. The lowest BCUT2D eigenvalue weighted by atomic mass is 9.82. The number of hydrogen-bond donors (Lipinski definition) is 0. The first-order valence-electron chi connectivity index (χ1n) is 8.23. The van der Waals surface area contributed by atoms with Crippen molar-refractivity contribution in [3.05, 3.63) is 33.9 Å². The second kappa shape index (κ2) is 7.11. The summed E-state index contributed by atoms with van der Waals surface area (Å²) in [5.74, 6) is 0.814. The summed E-state index contributed by atoms with van der Waals surface area (Å²) in [6, 6.07) is 2.34. The predicted octanol–water partition coefficient (Wildman–Crippen LogP) is 6.72. The molecule has 0 radical (unpaired) electrons. The van der Waals surface area contributed by atoms with Gasteiger partial charge < -0.3 is 0 Å². The molecular weight excluding hydrogens is 308 g/mol. The molecule has 2 rings (SSSR count). The van der Waals surface area contributed by atoms with Crippen LogP contribution in [-0.4, -0.2) is 0 Å². The Morgan fingerprint density at radius 2 is 1.30 bits per heavy atom. The molecule has 1 unspecified atom stereocenters. The van der Waals surface area contributed by atoms with E-state index in [0.29, 0.717) is 4.83 Å². The van der Waals surface area contributed by atoms with Gasteiger partial charge in [-0.05, 0) is 74.3 Å². The second-order valence-corrected chi connectivity index (χ2v) is 7.67. The van der Waals surface area contributed by atoms with Gasteiger partial charge >= 0.3 is 0 Å². The van der Waals surface area contributed by atoms with Crippen molar-refractivity contribution in [2.45, 2.75) is 77.5 Å². The average molecular weight is 337 g/mol. The molecule has 0 saturated heterocycles. The van der Waals surface area contributed by atoms with Crippen LogP contribution in [0.4, 0.5) is 0 Å². The Bertz CT molecular complexity index is 427. The van der Waals surface area contributed by atoms with Crippen LogP contribution in [0.15, 0.2) is 6.07 Å². The van der Waals surface area contributed by atoms with Gasteiger partial charge in [-0.3, -0.25) is 0 Å². The number of hydrogen-bond acceptors (Lipinski definition) is 0. The van der Waals surface area contributed by atoms with Crippen LogP contribution < -0.4 is 0 Å². The number of rotatable bonds is 2. The van der Waals surface area contributed by atoms with Gasteiger partial charge in [0.15, 0.2) is 0 Å². The lowest BCUT2D eigenvalue weighted by molar-refractivity contribution is 0.373. The van der Waals surface area contributed by atoms with Gasteiger partial charge in [0.25, 0.3) is 0 Å². The van der Waals surface area contributed by atoms with Crippen molar-refractivity contribution >= 4 is 15.9 Å². The van der Waals surface area contributed by atoms with Crippen molar-refractivity contribution in [1.82, 2.24) is 0 Å². The van der Waals surface area contributed by atoms with Gasteiger partial charge in [-0.1, -0.05) is 54.1 Å².